The number of hydrogen-bond donors (Lipinski definition) is 0. The normalized spacial score (nSPS) is 14.7. The number of ether oxygens (including phenoxy) is 1. The third-order valence-electron chi connectivity index (χ3n) is 6.25. The summed E-state index contributed by atoms with van der Waals surface area (Å²) >= 11 is 0. The highest BCUT2D eigenvalue weighted by Crippen LogP contribution is 2.52. The highest BCUT2D eigenvalue weighted by Gasteiger charge is 2.32. The Morgan fingerprint density at radius 2 is 1.28 bits per heavy atom. The third kappa shape index (κ3) is 2.34. The van der Waals surface area contributed by atoms with E-state index in [-0.39, 0.29) is 5.92 Å². The van der Waals surface area contributed by atoms with Crippen LogP contribution in [0.3, 0.4) is 0 Å². The molecule has 0 amide bonds. The molecule has 1 aliphatic rings. The molecule has 0 unspecified atom stereocenters. The molecule has 0 heterocycles. The van der Waals surface area contributed by atoms with Crippen molar-refractivity contribution in [3.63, 3.8) is 0 Å². The summed E-state index contributed by atoms with van der Waals surface area (Å²) in [6.07, 6.45) is 0. The minimum absolute atomic E-state index is 0.187. The van der Waals surface area contributed by atoms with Gasteiger partial charge in [-0.15, -0.1) is 0 Å². The van der Waals surface area contributed by atoms with Crippen molar-refractivity contribution in [2.24, 2.45) is 0 Å². The summed E-state index contributed by atoms with van der Waals surface area (Å²) in [5.41, 5.74) is 6.73. The zero-order chi connectivity index (χ0) is 19.4. The molecular formula is C28H20O. The van der Waals surface area contributed by atoms with Gasteiger partial charge < -0.3 is 4.74 Å². The first-order valence-electron chi connectivity index (χ1n) is 10.0. The van der Waals surface area contributed by atoms with Crippen LogP contribution in [0.1, 0.15) is 22.6 Å². The van der Waals surface area contributed by atoms with Crippen molar-refractivity contribution in [3.05, 3.63) is 114 Å². The number of benzene rings is 5. The molecule has 1 atom stereocenters. The zero-order valence-electron chi connectivity index (χ0n) is 16.2. The molecule has 138 valence electrons. The predicted molar refractivity (Wildman–Crippen MR) is 121 cm³/mol. The minimum atomic E-state index is 0.187. The van der Waals surface area contributed by atoms with Gasteiger partial charge in [-0.25, -0.2) is 0 Å². The molecule has 5 aromatic rings. The average Bonchev–Trinajstić information content (AvgIpc) is 3.12. The summed E-state index contributed by atoms with van der Waals surface area (Å²) < 4.78 is 5.60. The van der Waals surface area contributed by atoms with Crippen molar-refractivity contribution in [1.29, 1.82) is 0 Å². The molecule has 0 aromatic heterocycles. The van der Waals surface area contributed by atoms with Crippen LogP contribution in [0.5, 0.6) is 5.75 Å². The summed E-state index contributed by atoms with van der Waals surface area (Å²) in [6.45, 7) is 0. The van der Waals surface area contributed by atoms with E-state index in [1.54, 1.807) is 7.11 Å². The minimum Gasteiger partial charge on any atom is -0.497 e. The fourth-order valence-electron chi connectivity index (χ4n) is 4.97. The van der Waals surface area contributed by atoms with Crippen LogP contribution in [0.4, 0.5) is 0 Å². The maximum absolute atomic E-state index is 5.60. The van der Waals surface area contributed by atoms with Crippen molar-refractivity contribution in [2.75, 3.05) is 7.11 Å². The van der Waals surface area contributed by atoms with E-state index in [1.807, 2.05) is 0 Å². The first-order valence-corrected chi connectivity index (χ1v) is 10.0. The van der Waals surface area contributed by atoms with Gasteiger partial charge >= 0.3 is 0 Å². The number of hydrogen-bond acceptors (Lipinski definition) is 1. The van der Waals surface area contributed by atoms with Crippen LogP contribution in [0.15, 0.2) is 97.1 Å². The van der Waals surface area contributed by atoms with Crippen LogP contribution in [-0.4, -0.2) is 7.11 Å². The lowest BCUT2D eigenvalue weighted by Gasteiger charge is -2.19. The van der Waals surface area contributed by atoms with Gasteiger partial charge in [0.1, 0.15) is 5.75 Å². The van der Waals surface area contributed by atoms with Crippen molar-refractivity contribution in [3.8, 4) is 16.9 Å². The lowest BCUT2D eigenvalue weighted by atomic mass is 9.84. The first kappa shape index (κ1) is 16.4. The molecule has 0 saturated carbocycles. The summed E-state index contributed by atoms with van der Waals surface area (Å²) in [4.78, 5) is 0. The molecule has 0 saturated heterocycles. The molecule has 0 bridgehead atoms. The van der Waals surface area contributed by atoms with Gasteiger partial charge in [-0.3, -0.25) is 0 Å². The Bertz CT molecular complexity index is 1390. The van der Waals surface area contributed by atoms with Gasteiger partial charge in [0.15, 0.2) is 0 Å². The topological polar surface area (TPSA) is 9.23 Å². The van der Waals surface area contributed by atoms with Gasteiger partial charge in [0, 0.05) is 5.92 Å². The standard InChI is InChI=1S/C28H20O/c1-29-20-14-16-23-25-15-13-19-8-3-5-11-22(19)27(25)28(26(23)17-20)24-12-6-9-18-7-2-4-10-21(18)24/h2-17,28H,1H3/t28-/m0/s1. The summed E-state index contributed by atoms with van der Waals surface area (Å²) in [6, 6.07) is 35.1. The third-order valence-corrected chi connectivity index (χ3v) is 6.25. The molecule has 0 spiro atoms. The van der Waals surface area contributed by atoms with E-state index in [1.165, 1.54) is 49.4 Å². The Kier molecular flexibility index (Phi) is 3.51. The van der Waals surface area contributed by atoms with Crippen LogP contribution in [0, 0.1) is 0 Å². The van der Waals surface area contributed by atoms with E-state index in [2.05, 4.69) is 97.1 Å². The van der Waals surface area contributed by atoms with Gasteiger partial charge in [0.25, 0.3) is 0 Å². The van der Waals surface area contributed by atoms with Crippen LogP contribution in [0.2, 0.25) is 0 Å². The maximum Gasteiger partial charge on any atom is 0.119 e. The van der Waals surface area contributed by atoms with Gasteiger partial charge in [0.05, 0.1) is 7.11 Å². The molecular weight excluding hydrogens is 352 g/mol. The average molecular weight is 372 g/mol. The van der Waals surface area contributed by atoms with Crippen LogP contribution in [-0.2, 0) is 0 Å². The van der Waals surface area contributed by atoms with Crippen molar-refractivity contribution >= 4 is 21.5 Å². The zero-order valence-corrected chi connectivity index (χ0v) is 16.2. The number of methoxy groups -OCH3 is 1. The van der Waals surface area contributed by atoms with Crippen molar-refractivity contribution < 1.29 is 4.74 Å². The Labute approximate surface area is 170 Å². The van der Waals surface area contributed by atoms with Crippen molar-refractivity contribution in [2.45, 2.75) is 5.92 Å². The maximum atomic E-state index is 5.60. The van der Waals surface area contributed by atoms with Crippen LogP contribution >= 0.6 is 0 Å². The highest BCUT2D eigenvalue weighted by molar-refractivity contribution is 5.99. The highest BCUT2D eigenvalue weighted by atomic mass is 16.5. The number of rotatable bonds is 2. The second-order valence-corrected chi connectivity index (χ2v) is 7.70. The van der Waals surface area contributed by atoms with E-state index in [9.17, 15) is 0 Å². The predicted octanol–water partition coefficient (Wildman–Crippen LogP) is 7.16. The summed E-state index contributed by atoms with van der Waals surface area (Å²) in [7, 11) is 1.74. The van der Waals surface area contributed by atoms with Gasteiger partial charge in [0.2, 0.25) is 0 Å². The van der Waals surface area contributed by atoms with Crippen LogP contribution in [0.25, 0.3) is 32.7 Å². The summed E-state index contributed by atoms with van der Waals surface area (Å²) in [5, 5.41) is 5.21. The molecule has 5 aromatic carbocycles. The Hall–Kier alpha value is -3.58. The molecule has 1 heteroatoms. The second-order valence-electron chi connectivity index (χ2n) is 7.70. The van der Waals surface area contributed by atoms with Crippen molar-refractivity contribution in [1.82, 2.24) is 0 Å². The Balaban J connectivity index is 1.75. The lowest BCUT2D eigenvalue weighted by Crippen LogP contribution is -2.01. The lowest BCUT2D eigenvalue weighted by molar-refractivity contribution is 0.414. The fourth-order valence-corrected chi connectivity index (χ4v) is 4.97. The van der Waals surface area contributed by atoms with E-state index in [0.717, 1.165) is 5.75 Å². The Morgan fingerprint density at radius 3 is 2.10 bits per heavy atom. The van der Waals surface area contributed by atoms with Gasteiger partial charge in [-0.05, 0) is 61.5 Å². The summed E-state index contributed by atoms with van der Waals surface area (Å²) in [5.74, 6) is 1.10. The molecule has 29 heavy (non-hydrogen) atoms. The molecule has 0 aliphatic heterocycles. The smallest absolute Gasteiger partial charge is 0.119 e. The quantitative estimate of drug-likeness (QED) is 0.313. The first-order chi connectivity index (χ1) is 14.3. The second kappa shape index (κ2) is 6.22. The largest absolute Gasteiger partial charge is 0.497 e. The molecule has 1 aliphatic carbocycles. The van der Waals surface area contributed by atoms with E-state index >= 15 is 0 Å². The number of fused-ring (bicyclic) bond motifs is 6. The molecule has 0 radical (unpaired) electrons. The monoisotopic (exact) mass is 372 g/mol. The Morgan fingerprint density at radius 1 is 0.586 bits per heavy atom. The molecule has 0 N–H and O–H groups in total. The molecule has 6 rings (SSSR count). The SMILES string of the molecule is COc1ccc2c(c1)[C@H](c1cccc3ccccc13)c1c-2ccc2ccccc12. The molecule has 0 fully saturated rings. The van der Waals surface area contributed by atoms with E-state index < -0.39 is 0 Å². The van der Waals surface area contributed by atoms with E-state index in [0.29, 0.717) is 0 Å². The van der Waals surface area contributed by atoms with E-state index in [4.69, 9.17) is 4.74 Å². The molecule has 1 nitrogen and oxygen atoms in total. The van der Waals surface area contributed by atoms with Gasteiger partial charge in [-0.2, -0.15) is 0 Å². The van der Waals surface area contributed by atoms with Crippen LogP contribution < -0.4 is 4.74 Å². The fraction of sp³-hybridized carbons (Fsp3) is 0.0714. The van der Waals surface area contributed by atoms with Gasteiger partial charge in [-0.1, -0.05) is 84.9 Å².